The van der Waals surface area contributed by atoms with Gasteiger partial charge in [0, 0.05) is 33.5 Å². The van der Waals surface area contributed by atoms with Crippen LogP contribution >= 0.6 is 7.82 Å². The Hall–Kier alpha value is -3.52. The molecule has 3 aliphatic rings. The number of methoxy groups -OCH3 is 2. The number of carbonyl (C=O) groups excluding carboxylic acids is 3. The Balaban J connectivity index is 1.81. The second-order valence-corrected chi connectivity index (χ2v) is 27.2. The van der Waals surface area contributed by atoms with Crippen LogP contribution in [0.1, 0.15) is 194 Å². The number of carbonyl (C=O) groups is 5. The number of hydrogen-bond acceptors (Lipinski definition) is 26. The first kappa shape index (κ1) is 87.7. The molecule has 0 bridgehead atoms. The average Bonchev–Trinajstić information content (AvgIpc) is 0.759. The Labute approximate surface area is 568 Å². The number of carboxylic acids is 2. The highest BCUT2D eigenvalue weighted by molar-refractivity contribution is 7.47. The first-order chi connectivity index (χ1) is 46.1. The molecule has 2 saturated heterocycles. The van der Waals surface area contributed by atoms with Crippen molar-refractivity contribution >= 4 is 37.5 Å². The smallest absolute Gasteiger partial charge is 0.472 e. The van der Waals surface area contributed by atoms with Gasteiger partial charge in [0.1, 0.15) is 86.5 Å². The van der Waals surface area contributed by atoms with Crippen molar-refractivity contribution in [3.8, 4) is 0 Å². The van der Waals surface area contributed by atoms with Crippen molar-refractivity contribution in [3.05, 3.63) is 12.2 Å². The largest absolute Gasteiger partial charge is 0.477 e. The van der Waals surface area contributed by atoms with Crippen molar-refractivity contribution in [3.63, 3.8) is 0 Å². The topological polar surface area (TPSA) is 516 Å². The lowest BCUT2D eigenvalue weighted by atomic mass is 9.84. The fourth-order valence-corrected chi connectivity index (χ4v) is 13.1. The molecule has 2 aliphatic heterocycles. The maximum Gasteiger partial charge on any atom is 0.472 e. The molecule has 21 atom stereocenters. The Morgan fingerprint density at radius 1 is 0.557 bits per heavy atom. The van der Waals surface area contributed by atoms with Crippen molar-refractivity contribution in [2.75, 3.05) is 47.3 Å². The van der Waals surface area contributed by atoms with Gasteiger partial charge >= 0.3 is 19.8 Å². The fraction of sp³-hybridized carbons (Fsp3) is 0.891. The molecule has 0 aromatic heterocycles. The molecule has 32 nitrogen and oxygen atoms in total. The molecule has 1 aliphatic carbocycles. The first-order valence-corrected chi connectivity index (χ1v) is 36.0. The van der Waals surface area contributed by atoms with E-state index in [0.29, 0.717) is 12.8 Å². The quantitative estimate of drug-likeness (QED) is 0.0224. The van der Waals surface area contributed by atoms with E-state index in [0.717, 1.165) is 84.8 Å². The maximum absolute atomic E-state index is 13.8. The number of carboxylic acid groups (broad SMARTS) is 2. The molecule has 18 N–H and O–H groups in total. The number of rotatable bonds is 52. The summed E-state index contributed by atoms with van der Waals surface area (Å²) in [5.41, 5.74) is 0. The van der Waals surface area contributed by atoms with Crippen LogP contribution in [0.2, 0.25) is 0 Å². The van der Waals surface area contributed by atoms with Gasteiger partial charge in [0.05, 0.1) is 56.3 Å². The van der Waals surface area contributed by atoms with E-state index in [1.807, 2.05) is 0 Å². The average molecular weight is 1420 g/mol. The molecule has 0 aromatic rings. The number of aliphatic hydroxyl groups is 12. The molecule has 3 rings (SSSR count). The molecule has 2 heterocycles. The van der Waals surface area contributed by atoms with E-state index in [9.17, 15) is 105 Å². The van der Waals surface area contributed by atoms with Gasteiger partial charge in [0.2, 0.25) is 17.7 Å². The van der Waals surface area contributed by atoms with E-state index in [1.54, 1.807) is 6.08 Å². The highest BCUT2D eigenvalue weighted by Gasteiger charge is 2.62. The summed E-state index contributed by atoms with van der Waals surface area (Å²) in [6.45, 7) is -0.441. The van der Waals surface area contributed by atoms with E-state index in [2.05, 4.69) is 29.8 Å². The van der Waals surface area contributed by atoms with Crippen molar-refractivity contribution < 1.29 is 142 Å². The molecule has 3 amide bonds. The molecule has 566 valence electrons. The van der Waals surface area contributed by atoms with E-state index in [1.165, 1.54) is 83.1 Å². The van der Waals surface area contributed by atoms with Crippen LogP contribution in [0, 0.1) is 0 Å². The number of aliphatic hydroxyl groups excluding tert-OH is 12. The van der Waals surface area contributed by atoms with Crippen LogP contribution in [0.15, 0.2) is 12.2 Å². The summed E-state index contributed by atoms with van der Waals surface area (Å²) in [7, 11) is -3.43. The second-order valence-electron chi connectivity index (χ2n) is 25.8. The summed E-state index contributed by atoms with van der Waals surface area (Å²) < 4.78 is 56.3. The summed E-state index contributed by atoms with van der Waals surface area (Å²) in [6, 6.07) is -5.17. The van der Waals surface area contributed by atoms with Crippen molar-refractivity contribution in [1.82, 2.24) is 16.0 Å². The molecule has 1 unspecified atom stereocenters. The first-order valence-electron chi connectivity index (χ1n) is 34.5. The fourth-order valence-electron chi connectivity index (χ4n) is 12.1. The van der Waals surface area contributed by atoms with Crippen LogP contribution in [0.4, 0.5) is 0 Å². The lowest BCUT2D eigenvalue weighted by molar-refractivity contribution is -0.350. The number of unbranched alkanes of at least 4 members (excludes halogenated alkanes) is 23. The molecule has 33 heteroatoms. The number of hydrogen-bond donors (Lipinski definition) is 18. The number of aliphatic carboxylic acids is 2. The lowest BCUT2D eigenvalue weighted by Crippen LogP contribution is -2.71. The zero-order valence-electron chi connectivity index (χ0n) is 56.8. The van der Waals surface area contributed by atoms with Gasteiger partial charge in [0.25, 0.3) is 11.6 Å². The van der Waals surface area contributed by atoms with Gasteiger partial charge in [-0.15, -0.1) is 0 Å². The lowest BCUT2D eigenvalue weighted by Gasteiger charge is -2.50. The number of nitrogens with one attached hydrogen (secondary N) is 3. The molecular formula is C64H116N3O29P. The van der Waals surface area contributed by atoms with Crippen LogP contribution in [0.25, 0.3) is 0 Å². The molecular weight excluding hydrogens is 1310 g/mol. The minimum absolute atomic E-state index is 0.0449. The minimum atomic E-state index is -5.63. The van der Waals surface area contributed by atoms with Crippen LogP contribution in [-0.2, 0) is 66.0 Å². The Morgan fingerprint density at radius 3 is 1.43 bits per heavy atom. The van der Waals surface area contributed by atoms with Gasteiger partial charge in [-0.2, -0.15) is 0 Å². The Bertz CT molecular complexity index is 2340. The van der Waals surface area contributed by atoms with Crippen molar-refractivity contribution in [2.45, 2.75) is 315 Å². The summed E-state index contributed by atoms with van der Waals surface area (Å²) in [5.74, 6) is -13.8. The number of phosphoric ester groups is 1. The van der Waals surface area contributed by atoms with Gasteiger partial charge in [-0.3, -0.25) is 23.4 Å². The van der Waals surface area contributed by atoms with E-state index in [-0.39, 0.29) is 6.42 Å². The van der Waals surface area contributed by atoms with E-state index in [4.69, 9.17) is 37.5 Å². The highest BCUT2D eigenvalue weighted by atomic mass is 31.2. The predicted octanol–water partition coefficient (Wildman–Crippen LogP) is 0.492. The minimum Gasteiger partial charge on any atom is -0.477 e. The zero-order chi connectivity index (χ0) is 72.3. The normalized spacial score (nSPS) is 29.4. The van der Waals surface area contributed by atoms with Crippen LogP contribution in [0.5, 0.6) is 0 Å². The number of allylic oxidation sites excluding steroid dienone is 1. The third-order valence-electron chi connectivity index (χ3n) is 17.8. The Morgan fingerprint density at radius 2 is 0.979 bits per heavy atom. The maximum atomic E-state index is 13.8. The van der Waals surface area contributed by atoms with Gasteiger partial charge in [-0.25, -0.2) is 14.2 Å². The van der Waals surface area contributed by atoms with Crippen LogP contribution < -0.4 is 16.0 Å². The number of phosphoric acid groups is 1. The summed E-state index contributed by atoms with van der Waals surface area (Å²) >= 11 is 0. The van der Waals surface area contributed by atoms with Gasteiger partial charge < -0.3 is 121 Å². The monoisotopic (exact) mass is 1420 g/mol. The third kappa shape index (κ3) is 29.4. The van der Waals surface area contributed by atoms with Crippen molar-refractivity contribution in [1.29, 1.82) is 0 Å². The van der Waals surface area contributed by atoms with E-state index >= 15 is 0 Å². The van der Waals surface area contributed by atoms with E-state index < -0.39 is 205 Å². The Kier molecular flexibility index (Phi) is 41.7. The van der Waals surface area contributed by atoms with Crippen LogP contribution in [-0.4, -0.2) is 275 Å². The summed E-state index contributed by atoms with van der Waals surface area (Å²) in [4.78, 5) is 76.7. The van der Waals surface area contributed by atoms with Gasteiger partial charge in [0.15, 0.2) is 0 Å². The SMILES string of the molecule is CCCCCCCCCCC/C=C/[C@@H](O)[C@H](COP(=O)(O)O[C@@H]1[C@H](O)[C@H](O[C@]2(C(=O)O)C[C@H](O)[C@@H](NC(=O)CO[C@]3(C(=O)O)C[C@H](O)[C@@H](NC(=O)CO)[C@H]([C@H](O)[C@H](O)COC)O3)[C@H]([C@H](O)[C@H](O)COC)O2)[C@@H](O)[C@H](O)[C@H]1O)NC(=O)CCCCCCCCCCCCCCCCC. The third-order valence-corrected chi connectivity index (χ3v) is 18.8. The number of amides is 3. The molecule has 0 radical (unpaired) electrons. The predicted molar refractivity (Wildman–Crippen MR) is 344 cm³/mol. The summed E-state index contributed by atoms with van der Waals surface area (Å²) in [5, 5.41) is 161. The molecule has 97 heavy (non-hydrogen) atoms. The van der Waals surface area contributed by atoms with Crippen molar-refractivity contribution in [2.24, 2.45) is 0 Å². The summed E-state index contributed by atoms with van der Waals surface area (Å²) in [6.07, 6.45) is -6.21. The highest BCUT2D eigenvalue weighted by Crippen LogP contribution is 2.48. The van der Waals surface area contributed by atoms with Gasteiger partial charge in [-0.1, -0.05) is 167 Å². The molecule has 3 fully saturated rings. The number of ether oxygens (including phenoxy) is 6. The zero-order valence-corrected chi connectivity index (χ0v) is 57.6. The second kappa shape index (κ2) is 46.2. The standard InChI is InChI=1S/C64H116N3O29P/c1-5-7-9-11-13-15-17-18-19-20-22-24-26-28-30-32-46(74)65-40(41(69)31-29-27-25-23-21-16-14-12-10-8-6-2)36-92-97(87,88)96-60-55(81)53(79)54(80)59(56(60)82)95-64(62(85)86)34-43(71)50(58(94-64)52(78)45(73)38-90-4)67-48(76)39-91-63(61(83)84)33-42(70)49(66-47(75)35-68)57(93-63)51(77)44(72)37-89-3/h29,31,40-45,49-60,68-73,77-82H,5-28,30,32-39H2,1-4H3,(H,65,74)(H,66,75)(H,67,76)(H,83,84)(H,85,86)(H,87,88)/b31-29+/t40-,41+,42-,43-,44+,45+,49+,50+,51+,52+,53-,54-,55+,56+,57+,58+,59+,60-,63+,64-/m0/s1. The molecule has 0 aromatic carbocycles. The molecule has 1 saturated carbocycles. The molecule has 0 spiro atoms. The van der Waals surface area contributed by atoms with Gasteiger partial charge in [-0.05, 0) is 19.3 Å². The van der Waals surface area contributed by atoms with Crippen LogP contribution in [0.3, 0.4) is 0 Å².